The van der Waals surface area contributed by atoms with Crippen molar-refractivity contribution in [1.29, 1.82) is 0 Å². The first-order valence-corrected chi connectivity index (χ1v) is 9.95. The Morgan fingerprint density at radius 2 is 1.92 bits per heavy atom. The fourth-order valence-electron chi connectivity index (χ4n) is 2.60. The number of fused-ring (bicyclic) bond motifs is 1. The summed E-state index contributed by atoms with van der Waals surface area (Å²) in [5, 5.41) is 9.73. The molecular weight excluding hydrogens is 377 g/mol. The van der Waals surface area contributed by atoms with Gasteiger partial charge in [0.05, 0.1) is 0 Å². The summed E-state index contributed by atoms with van der Waals surface area (Å²) in [6, 6.07) is 17.5. The Kier molecular flexibility index (Phi) is 4.51. The molecule has 0 spiro atoms. The van der Waals surface area contributed by atoms with Crippen LogP contribution in [0.4, 0.5) is 0 Å². The molecule has 2 aromatic carbocycles. The van der Waals surface area contributed by atoms with Gasteiger partial charge in [-0.05, 0) is 0 Å². The second-order valence-corrected chi connectivity index (χ2v) is 8.21. The van der Waals surface area contributed by atoms with E-state index < -0.39 is 15.8 Å². The zero-order valence-electron chi connectivity index (χ0n) is 13.3. The van der Waals surface area contributed by atoms with E-state index in [0.29, 0.717) is 5.75 Å². The van der Waals surface area contributed by atoms with Crippen LogP contribution < -0.4 is 13.6 Å². The Labute approximate surface area is 151 Å². The van der Waals surface area contributed by atoms with Gasteiger partial charge < -0.3 is 0 Å². The van der Waals surface area contributed by atoms with Gasteiger partial charge >= 0.3 is 151 Å². The molecule has 2 N–H and O–H groups in total. The number of hydrogen-bond donors (Lipinski definition) is 2. The van der Waals surface area contributed by atoms with Gasteiger partial charge in [0.25, 0.3) is 0 Å². The van der Waals surface area contributed by atoms with E-state index in [1.54, 1.807) is 6.33 Å². The van der Waals surface area contributed by atoms with Crippen molar-refractivity contribution in [3.8, 4) is 11.5 Å². The molecule has 2 aromatic heterocycles. The summed E-state index contributed by atoms with van der Waals surface area (Å²) >= 11 is -0.648. The van der Waals surface area contributed by atoms with E-state index in [0.717, 1.165) is 26.8 Å². The molecule has 4 aromatic rings. The molecule has 1 unspecified atom stereocenters. The number of aliphatic hydroxyl groups excluding tert-OH is 1. The summed E-state index contributed by atoms with van der Waals surface area (Å²) in [6.07, 6.45) is 3.49. The van der Waals surface area contributed by atoms with Crippen molar-refractivity contribution in [3.63, 3.8) is 0 Å². The number of nitrogens with one attached hydrogen (secondary N) is 1. The molecule has 124 valence electrons. The van der Waals surface area contributed by atoms with Crippen LogP contribution in [0.15, 0.2) is 67.1 Å². The zero-order valence-corrected chi connectivity index (χ0v) is 15.4. The molecule has 0 aliphatic rings. The van der Waals surface area contributed by atoms with E-state index >= 15 is 0 Å². The summed E-state index contributed by atoms with van der Waals surface area (Å²) in [5.41, 5.74) is 2.71. The second-order valence-electron chi connectivity index (χ2n) is 5.48. The Morgan fingerprint density at radius 3 is 2.76 bits per heavy atom. The standard InChI is InChI=1S/C19H16AsN3O2/c24-11-13-10-14(6-7-17(13)25-15-4-2-1-3-5-15)20-19-18-16(8-9-21-18)22-12-23-19/h1-10,12,20-21,24H,11H2. The van der Waals surface area contributed by atoms with Crippen LogP contribution >= 0.6 is 0 Å². The first-order chi connectivity index (χ1) is 12.3. The maximum atomic E-state index is 9.73. The van der Waals surface area contributed by atoms with Crippen LogP contribution in [-0.4, -0.2) is 35.8 Å². The maximum absolute atomic E-state index is 9.73. The van der Waals surface area contributed by atoms with Crippen molar-refractivity contribution in [1.82, 2.24) is 15.0 Å². The molecule has 0 radical (unpaired) electrons. The van der Waals surface area contributed by atoms with E-state index in [1.165, 1.54) is 4.35 Å². The van der Waals surface area contributed by atoms with Crippen LogP contribution in [0.25, 0.3) is 11.0 Å². The number of aromatic nitrogens is 3. The molecule has 0 aliphatic carbocycles. The molecule has 5 nitrogen and oxygen atoms in total. The molecule has 0 saturated carbocycles. The van der Waals surface area contributed by atoms with Crippen molar-refractivity contribution in [2.24, 2.45) is 0 Å². The Balaban J connectivity index is 1.62. The van der Waals surface area contributed by atoms with E-state index in [-0.39, 0.29) is 6.61 Å². The number of rotatable bonds is 5. The van der Waals surface area contributed by atoms with Gasteiger partial charge in [-0.15, -0.1) is 0 Å². The number of aromatic amines is 1. The Bertz CT molecular complexity index is 1000. The van der Waals surface area contributed by atoms with Crippen LogP contribution in [-0.2, 0) is 6.61 Å². The number of nitrogens with zero attached hydrogens (tertiary/aromatic N) is 2. The van der Waals surface area contributed by atoms with Gasteiger partial charge in [-0.3, -0.25) is 0 Å². The fourth-order valence-corrected chi connectivity index (χ4v) is 4.98. The summed E-state index contributed by atoms with van der Waals surface area (Å²) in [7, 11) is 0. The first-order valence-electron chi connectivity index (χ1n) is 7.85. The quantitative estimate of drug-likeness (QED) is 0.506. The van der Waals surface area contributed by atoms with Gasteiger partial charge in [0.2, 0.25) is 0 Å². The van der Waals surface area contributed by atoms with Crippen molar-refractivity contribution >= 4 is 35.6 Å². The molecule has 1 atom stereocenters. The molecular formula is C19H16AsN3O2. The van der Waals surface area contributed by atoms with Gasteiger partial charge in [-0.25, -0.2) is 0 Å². The Hall–Kier alpha value is -2.62. The molecule has 4 rings (SSSR count). The number of ether oxygens (including phenoxy) is 1. The number of hydrogen-bond acceptors (Lipinski definition) is 4. The monoisotopic (exact) mass is 393 g/mol. The molecule has 2 heterocycles. The number of H-pyrrole nitrogens is 1. The number of aliphatic hydroxyl groups is 1. The van der Waals surface area contributed by atoms with E-state index in [4.69, 9.17) is 4.74 Å². The predicted molar refractivity (Wildman–Crippen MR) is 99.2 cm³/mol. The zero-order chi connectivity index (χ0) is 17.1. The van der Waals surface area contributed by atoms with E-state index in [9.17, 15) is 5.11 Å². The average molecular weight is 393 g/mol. The molecule has 0 saturated heterocycles. The van der Waals surface area contributed by atoms with Crippen molar-refractivity contribution in [3.05, 3.63) is 72.7 Å². The summed E-state index contributed by atoms with van der Waals surface area (Å²) in [4.78, 5) is 11.9. The molecule has 0 bridgehead atoms. The van der Waals surface area contributed by atoms with Crippen LogP contribution in [0.2, 0.25) is 0 Å². The van der Waals surface area contributed by atoms with Crippen molar-refractivity contribution in [2.45, 2.75) is 6.61 Å². The van der Waals surface area contributed by atoms with Gasteiger partial charge in [-0.1, -0.05) is 0 Å². The minimum atomic E-state index is -0.648. The van der Waals surface area contributed by atoms with Gasteiger partial charge in [0.1, 0.15) is 0 Å². The molecule has 25 heavy (non-hydrogen) atoms. The van der Waals surface area contributed by atoms with E-state index in [1.807, 2.05) is 60.8 Å². The third-order valence-corrected chi connectivity index (χ3v) is 6.36. The van der Waals surface area contributed by atoms with Gasteiger partial charge in [-0.2, -0.15) is 0 Å². The van der Waals surface area contributed by atoms with Crippen LogP contribution in [0.3, 0.4) is 0 Å². The SMILES string of the molecule is OCc1cc([AsH]c2ncnc3cc[nH]c23)ccc1Oc1ccccc1. The summed E-state index contributed by atoms with van der Waals surface area (Å²) in [6.45, 7) is -0.0656. The third-order valence-electron chi connectivity index (χ3n) is 3.81. The molecule has 6 heteroatoms. The van der Waals surface area contributed by atoms with Crippen LogP contribution in [0.1, 0.15) is 5.56 Å². The minimum absolute atomic E-state index is 0.0656. The molecule has 0 amide bonds. The average Bonchev–Trinajstić information content (AvgIpc) is 3.14. The number of para-hydroxylation sites is 1. The van der Waals surface area contributed by atoms with E-state index in [2.05, 4.69) is 15.0 Å². The topological polar surface area (TPSA) is 71.0 Å². The fraction of sp³-hybridized carbons (Fsp3) is 0.0526. The third kappa shape index (κ3) is 3.43. The van der Waals surface area contributed by atoms with Crippen LogP contribution in [0, 0.1) is 0 Å². The second kappa shape index (κ2) is 7.09. The Morgan fingerprint density at radius 1 is 1.04 bits per heavy atom. The molecule has 0 fully saturated rings. The predicted octanol–water partition coefficient (Wildman–Crippen LogP) is 1.63. The van der Waals surface area contributed by atoms with Gasteiger partial charge in [0.15, 0.2) is 0 Å². The molecule has 0 aliphatic heterocycles. The van der Waals surface area contributed by atoms with Gasteiger partial charge in [0, 0.05) is 0 Å². The summed E-state index contributed by atoms with van der Waals surface area (Å²) in [5.74, 6) is 1.43. The van der Waals surface area contributed by atoms with Crippen molar-refractivity contribution in [2.75, 3.05) is 0 Å². The van der Waals surface area contributed by atoms with Crippen LogP contribution in [0.5, 0.6) is 11.5 Å². The normalized spacial score (nSPS) is 11.4. The first kappa shape index (κ1) is 15.9. The summed E-state index contributed by atoms with van der Waals surface area (Å²) < 4.78 is 8.12. The van der Waals surface area contributed by atoms with Crippen molar-refractivity contribution < 1.29 is 9.84 Å². The number of benzene rings is 2.